The monoisotopic (exact) mass is 966 g/mol. The smallest absolute Gasteiger partial charge is 0.266 e. The van der Waals surface area contributed by atoms with Crippen molar-refractivity contribution in [2.75, 3.05) is 9.80 Å². The molecule has 6 nitrogen and oxygen atoms in total. The number of rotatable bonds is 8. The molecule has 0 spiro atoms. The van der Waals surface area contributed by atoms with Crippen molar-refractivity contribution in [3.63, 3.8) is 0 Å². The molecule has 0 bridgehead atoms. The van der Waals surface area contributed by atoms with E-state index < -0.39 is 0 Å². The van der Waals surface area contributed by atoms with E-state index in [-0.39, 0.29) is 47.3 Å². The quantitative estimate of drug-likeness (QED) is 0.0864. The van der Waals surface area contributed by atoms with Crippen LogP contribution >= 0.6 is 38.6 Å². The Morgan fingerprint density at radius 2 is 0.818 bits per heavy atom. The molecule has 9 heteroatoms. The van der Waals surface area contributed by atoms with E-state index in [2.05, 4.69) is 95.6 Å². The van der Waals surface area contributed by atoms with E-state index in [0.29, 0.717) is 44.4 Å². The number of halogens is 1. The lowest BCUT2D eigenvalue weighted by Crippen LogP contribution is -2.42. The van der Waals surface area contributed by atoms with Crippen molar-refractivity contribution in [3.8, 4) is 20.2 Å². The fraction of sp³-hybridized carbons (Fsp3) is 0.228. The summed E-state index contributed by atoms with van der Waals surface area (Å²) in [5.74, 6) is -1.12. The highest BCUT2D eigenvalue weighted by Crippen LogP contribution is 2.53. The van der Waals surface area contributed by atoms with Crippen LogP contribution in [0.2, 0.25) is 0 Å². The summed E-state index contributed by atoms with van der Waals surface area (Å²) in [4.78, 5) is 67.2. The zero-order chi connectivity index (χ0) is 46.4. The molecule has 328 valence electrons. The van der Waals surface area contributed by atoms with Gasteiger partial charge in [0.2, 0.25) is 0 Å². The van der Waals surface area contributed by atoms with Crippen molar-refractivity contribution in [1.29, 1.82) is 0 Å². The molecule has 0 aliphatic carbocycles. The molecule has 0 unspecified atom stereocenters. The zero-order valence-electron chi connectivity index (χ0n) is 38.3. The van der Waals surface area contributed by atoms with Gasteiger partial charge >= 0.3 is 0 Å². The maximum absolute atomic E-state index is 15.5. The second kappa shape index (κ2) is 15.3. The van der Waals surface area contributed by atoms with E-state index in [1.54, 1.807) is 22.7 Å². The molecule has 0 atom stereocenters. The highest BCUT2D eigenvalue weighted by Gasteiger charge is 2.41. The van der Waals surface area contributed by atoms with E-state index in [4.69, 9.17) is 0 Å². The minimum absolute atomic E-state index is 0.0584. The third-order valence-corrected chi connectivity index (χ3v) is 16.8. The van der Waals surface area contributed by atoms with Gasteiger partial charge in [0.25, 0.3) is 23.6 Å². The minimum Gasteiger partial charge on any atom is -0.268 e. The summed E-state index contributed by atoms with van der Waals surface area (Å²) < 4.78 is 1.04. The van der Waals surface area contributed by atoms with Crippen LogP contribution in [-0.4, -0.2) is 23.6 Å². The second-order valence-electron chi connectivity index (χ2n) is 19.1. The normalized spacial score (nSPS) is 14.2. The zero-order valence-corrected chi connectivity index (χ0v) is 41.5. The molecular formula is C57H47BrN2O4S2. The fourth-order valence-electron chi connectivity index (χ4n) is 10.9. The van der Waals surface area contributed by atoms with Crippen LogP contribution in [0.5, 0.6) is 0 Å². The number of hydrogen-bond acceptors (Lipinski definition) is 6. The van der Waals surface area contributed by atoms with Crippen molar-refractivity contribution < 1.29 is 19.2 Å². The number of aryl methyl sites for hydroxylation is 1. The SMILES string of the molecule is Cc1cc2c3c(ccc4c5c(-c6ccc(-c7ccc(Br)s7)s6)cc6c7c(ccc(c1c34)c75)C(=O)N(c1c(C(C)C)cccc1C(C)C)C6=O)C(=O)N(c1c(C(C)C)cccc1C(C)C)C2=O. The van der Waals surface area contributed by atoms with Crippen LogP contribution in [0.25, 0.3) is 63.3 Å². The van der Waals surface area contributed by atoms with Gasteiger partial charge in [-0.3, -0.25) is 19.2 Å². The Hall–Kier alpha value is -6.00. The van der Waals surface area contributed by atoms with Crippen molar-refractivity contribution in [1.82, 2.24) is 0 Å². The molecule has 2 aliphatic heterocycles. The van der Waals surface area contributed by atoms with E-state index in [0.717, 1.165) is 84.1 Å². The largest absolute Gasteiger partial charge is 0.268 e. The van der Waals surface area contributed by atoms with Gasteiger partial charge in [-0.2, -0.15) is 0 Å². The number of amides is 4. The van der Waals surface area contributed by atoms with Crippen LogP contribution in [-0.2, 0) is 0 Å². The first-order chi connectivity index (χ1) is 31.6. The highest BCUT2D eigenvalue weighted by atomic mass is 79.9. The number of para-hydroxylation sites is 2. The van der Waals surface area contributed by atoms with Gasteiger partial charge in [0.15, 0.2) is 0 Å². The number of benzene rings is 7. The first-order valence-corrected chi connectivity index (χ1v) is 25.1. The topological polar surface area (TPSA) is 74.8 Å². The summed E-state index contributed by atoms with van der Waals surface area (Å²) in [5.41, 5.74) is 8.77. The highest BCUT2D eigenvalue weighted by molar-refractivity contribution is 9.11. The Labute approximate surface area is 400 Å². The van der Waals surface area contributed by atoms with Gasteiger partial charge in [-0.25, -0.2) is 9.80 Å². The molecule has 0 fully saturated rings. The number of fused-ring (bicyclic) bond motifs is 2. The Balaban J connectivity index is 1.24. The molecule has 4 amide bonds. The summed E-state index contributed by atoms with van der Waals surface area (Å²) in [6.07, 6.45) is 0. The van der Waals surface area contributed by atoms with Gasteiger partial charge in [0.1, 0.15) is 0 Å². The molecule has 0 N–H and O–H groups in total. The van der Waals surface area contributed by atoms with Crippen molar-refractivity contribution in [2.45, 2.75) is 86.0 Å². The number of carbonyl (C=O) groups is 4. The summed E-state index contributed by atoms with van der Waals surface area (Å²) >= 11 is 6.97. The molecule has 2 aromatic heterocycles. The standard InChI is InChI=1S/C57H47BrN2O4S2/c1-26(2)31-12-10-13-32(27(3)4)52(31)59-54(61)37-19-17-36-47-39(42-20-21-43(65-42)44-22-23-45(58)66-44)25-41-49-38(18-16-35(51(47)49)46-30(9)24-40(56(59)63)48(37)50(36)46)55(62)60(57(41)64)53-33(28(5)6)14-11-15-34(53)29(7)8/h10-29H,1-9H3. The van der Waals surface area contributed by atoms with E-state index >= 15 is 19.2 Å². The van der Waals surface area contributed by atoms with E-state index in [1.165, 1.54) is 9.80 Å². The summed E-state index contributed by atoms with van der Waals surface area (Å²) in [6, 6.07) is 32.3. The van der Waals surface area contributed by atoms with Crippen molar-refractivity contribution >= 4 is 117 Å². The Kier molecular flexibility index (Phi) is 9.86. The first kappa shape index (κ1) is 42.6. The molecule has 2 aliphatic rings. The average molecular weight is 968 g/mol. The maximum atomic E-state index is 15.5. The summed E-state index contributed by atoms with van der Waals surface area (Å²) in [6.45, 7) is 18.8. The first-order valence-electron chi connectivity index (χ1n) is 22.7. The van der Waals surface area contributed by atoms with Crippen LogP contribution in [0.4, 0.5) is 11.4 Å². The number of imide groups is 2. The Morgan fingerprint density at radius 1 is 0.409 bits per heavy atom. The molecule has 7 aromatic carbocycles. The lowest BCUT2D eigenvalue weighted by Gasteiger charge is -2.34. The van der Waals surface area contributed by atoms with E-state index in [9.17, 15) is 0 Å². The fourth-order valence-corrected chi connectivity index (χ4v) is 13.4. The molecular weight excluding hydrogens is 921 g/mol. The third kappa shape index (κ3) is 5.95. The van der Waals surface area contributed by atoms with Crippen molar-refractivity contribution in [3.05, 3.63) is 151 Å². The molecule has 9 aromatic rings. The lowest BCUT2D eigenvalue weighted by molar-refractivity contribution is 0.0877. The number of anilines is 2. The van der Waals surface area contributed by atoms with Gasteiger partial charge in [-0.05, 0) is 155 Å². The number of hydrogen-bond donors (Lipinski definition) is 0. The predicted octanol–water partition coefficient (Wildman–Crippen LogP) is 16.4. The Bertz CT molecular complexity index is 3570. The molecule has 11 rings (SSSR count). The van der Waals surface area contributed by atoms with Crippen LogP contribution in [0.15, 0.2) is 101 Å². The summed E-state index contributed by atoms with van der Waals surface area (Å²) in [5, 5.41) is 6.45. The number of nitrogens with zero attached hydrogens (tertiary/aromatic N) is 2. The van der Waals surface area contributed by atoms with Crippen LogP contribution in [0.1, 0.15) is 148 Å². The van der Waals surface area contributed by atoms with Gasteiger partial charge in [-0.1, -0.05) is 104 Å². The maximum Gasteiger partial charge on any atom is 0.266 e. The second-order valence-corrected chi connectivity index (χ2v) is 22.7. The number of thiophene rings is 2. The van der Waals surface area contributed by atoms with Crippen LogP contribution in [0.3, 0.4) is 0 Å². The summed E-state index contributed by atoms with van der Waals surface area (Å²) in [7, 11) is 0. The van der Waals surface area contributed by atoms with Gasteiger partial charge in [-0.15, -0.1) is 22.7 Å². The predicted molar refractivity (Wildman–Crippen MR) is 278 cm³/mol. The molecule has 0 saturated carbocycles. The minimum atomic E-state index is -0.349. The molecule has 66 heavy (non-hydrogen) atoms. The van der Waals surface area contributed by atoms with Gasteiger partial charge in [0.05, 0.1) is 15.2 Å². The van der Waals surface area contributed by atoms with Crippen LogP contribution in [0, 0.1) is 6.92 Å². The Morgan fingerprint density at radius 3 is 1.29 bits per heavy atom. The van der Waals surface area contributed by atoms with Gasteiger partial charge < -0.3 is 0 Å². The molecule has 4 heterocycles. The average Bonchev–Trinajstić information content (AvgIpc) is 3.96. The van der Waals surface area contributed by atoms with Crippen molar-refractivity contribution in [2.24, 2.45) is 0 Å². The molecule has 0 saturated heterocycles. The lowest BCUT2D eigenvalue weighted by atomic mass is 9.79. The van der Waals surface area contributed by atoms with Crippen LogP contribution < -0.4 is 9.80 Å². The third-order valence-electron chi connectivity index (χ3n) is 13.9. The number of carbonyl (C=O) groups excluding carboxylic acids is 4. The van der Waals surface area contributed by atoms with Gasteiger partial charge in [0, 0.05) is 53.2 Å². The van der Waals surface area contributed by atoms with E-state index in [1.807, 2.05) is 79.7 Å². The molecule has 0 radical (unpaired) electrons.